The summed E-state index contributed by atoms with van der Waals surface area (Å²) in [6, 6.07) is 0.247. The van der Waals surface area contributed by atoms with E-state index in [-0.39, 0.29) is 6.04 Å². The minimum Gasteiger partial charge on any atom is -0.353 e. The maximum absolute atomic E-state index is 12.8. The molecule has 3 heteroatoms. The molecule has 0 radical (unpaired) electrons. The Balaban J connectivity index is 1.65. The number of halogens is 1. The average Bonchev–Trinajstić information content (AvgIpc) is 2.36. The van der Waals surface area contributed by atoms with Crippen LogP contribution in [0.3, 0.4) is 0 Å². The maximum Gasteiger partial charge on any atom is 0.223 e. The minimum absolute atomic E-state index is 0.247. The van der Waals surface area contributed by atoms with Crippen LogP contribution in [-0.2, 0) is 4.79 Å². The van der Waals surface area contributed by atoms with Crippen molar-refractivity contribution in [2.45, 2.75) is 58.4 Å². The fraction of sp³-hybridized carbons (Fsp3) is 0.941. The lowest BCUT2D eigenvalue weighted by Gasteiger charge is -2.53. The van der Waals surface area contributed by atoms with Crippen LogP contribution in [-0.4, -0.2) is 17.8 Å². The topological polar surface area (TPSA) is 29.1 Å². The van der Waals surface area contributed by atoms with Crippen molar-refractivity contribution in [2.24, 2.45) is 35.5 Å². The van der Waals surface area contributed by atoms with Crippen LogP contribution < -0.4 is 5.32 Å². The van der Waals surface area contributed by atoms with Crippen molar-refractivity contribution in [1.82, 2.24) is 5.32 Å². The molecule has 4 bridgehead atoms. The number of hydrogen-bond acceptors (Lipinski definition) is 1. The van der Waals surface area contributed by atoms with Crippen LogP contribution >= 0.6 is 11.6 Å². The molecule has 1 unspecified atom stereocenters. The molecule has 4 fully saturated rings. The van der Waals surface area contributed by atoms with E-state index in [1.807, 2.05) is 0 Å². The van der Waals surface area contributed by atoms with Gasteiger partial charge < -0.3 is 5.32 Å². The molecule has 1 amide bonds. The fourth-order valence-electron chi connectivity index (χ4n) is 5.32. The van der Waals surface area contributed by atoms with E-state index in [1.54, 1.807) is 0 Å². The van der Waals surface area contributed by atoms with Gasteiger partial charge in [0, 0.05) is 17.8 Å². The first-order valence-corrected chi connectivity index (χ1v) is 8.98. The Morgan fingerprint density at radius 3 is 2.10 bits per heavy atom. The lowest BCUT2D eigenvalue weighted by molar-refractivity contribution is -0.139. The number of carbonyl (C=O) groups excluding carboxylic acids is 1. The second kappa shape index (κ2) is 5.87. The Bertz CT molecular complexity index is 340. The summed E-state index contributed by atoms with van der Waals surface area (Å²) >= 11 is 5.88. The molecular formula is C17H28ClNO. The first kappa shape index (κ1) is 14.7. The molecule has 1 atom stereocenters. The zero-order valence-electron chi connectivity index (χ0n) is 12.8. The molecule has 4 rings (SSSR count). The Labute approximate surface area is 128 Å². The Morgan fingerprint density at radius 2 is 1.65 bits per heavy atom. The predicted octanol–water partition coefficient (Wildman–Crippen LogP) is 3.83. The standard InChI is InChI=1S/C17H28ClNO/c1-10(2)15(3-4-18)19-17(20)16-13-6-11-5-12(8-13)9-14(16)7-11/h10-16H,3-9H2,1-2H3,(H,19,20). The molecule has 4 aliphatic rings. The SMILES string of the molecule is CC(C)C(CCCl)NC(=O)C1C2CC3CC(C2)CC1C3. The molecule has 0 heterocycles. The van der Waals surface area contributed by atoms with Crippen molar-refractivity contribution in [3.63, 3.8) is 0 Å². The van der Waals surface area contributed by atoms with Gasteiger partial charge in [-0.2, -0.15) is 0 Å². The van der Waals surface area contributed by atoms with E-state index in [9.17, 15) is 4.79 Å². The number of hydrogen-bond donors (Lipinski definition) is 1. The summed E-state index contributed by atoms with van der Waals surface area (Å²) in [6.45, 7) is 4.35. The summed E-state index contributed by atoms with van der Waals surface area (Å²) in [4.78, 5) is 12.8. The fourth-order valence-corrected chi connectivity index (χ4v) is 5.56. The Hall–Kier alpha value is -0.240. The van der Waals surface area contributed by atoms with Crippen LogP contribution in [0.15, 0.2) is 0 Å². The van der Waals surface area contributed by atoms with Gasteiger partial charge in [0.15, 0.2) is 0 Å². The molecule has 4 aliphatic carbocycles. The van der Waals surface area contributed by atoms with Gasteiger partial charge >= 0.3 is 0 Å². The summed E-state index contributed by atoms with van der Waals surface area (Å²) < 4.78 is 0. The zero-order chi connectivity index (χ0) is 14.3. The number of alkyl halides is 1. The quantitative estimate of drug-likeness (QED) is 0.768. The maximum atomic E-state index is 12.8. The van der Waals surface area contributed by atoms with E-state index in [2.05, 4.69) is 19.2 Å². The van der Waals surface area contributed by atoms with Crippen molar-refractivity contribution in [2.75, 3.05) is 5.88 Å². The van der Waals surface area contributed by atoms with Crippen molar-refractivity contribution in [1.29, 1.82) is 0 Å². The molecule has 0 saturated heterocycles. The second-order valence-electron chi connectivity index (χ2n) is 7.79. The lowest BCUT2D eigenvalue weighted by atomic mass is 9.51. The van der Waals surface area contributed by atoms with Crippen LogP contribution in [0.5, 0.6) is 0 Å². The second-order valence-corrected chi connectivity index (χ2v) is 8.17. The van der Waals surface area contributed by atoms with Crippen molar-refractivity contribution in [3.05, 3.63) is 0 Å². The highest BCUT2D eigenvalue weighted by atomic mass is 35.5. The molecule has 4 saturated carbocycles. The molecular weight excluding hydrogens is 270 g/mol. The smallest absolute Gasteiger partial charge is 0.223 e. The number of rotatable bonds is 5. The van der Waals surface area contributed by atoms with Crippen molar-refractivity contribution in [3.8, 4) is 0 Å². The molecule has 0 aromatic rings. The highest BCUT2D eigenvalue weighted by molar-refractivity contribution is 6.17. The largest absolute Gasteiger partial charge is 0.353 e. The van der Waals surface area contributed by atoms with E-state index in [1.165, 1.54) is 32.1 Å². The van der Waals surface area contributed by atoms with Crippen molar-refractivity contribution >= 4 is 17.5 Å². The van der Waals surface area contributed by atoms with Gasteiger partial charge in [-0.15, -0.1) is 11.6 Å². The third-order valence-corrected chi connectivity index (χ3v) is 6.30. The Morgan fingerprint density at radius 1 is 1.10 bits per heavy atom. The van der Waals surface area contributed by atoms with Gasteiger partial charge in [-0.25, -0.2) is 0 Å². The molecule has 0 aromatic heterocycles. The average molecular weight is 298 g/mol. The van der Waals surface area contributed by atoms with E-state index in [0.717, 1.165) is 18.3 Å². The molecule has 114 valence electrons. The van der Waals surface area contributed by atoms with Crippen LogP contribution in [0, 0.1) is 35.5 Å². The molecule has 0 aliphatic heterocycles. The van der Waals surface area contributed by atoms with Gasteiger partial charge in [0.1, 0.15) is 0 Å². The van der Waals surface area contributed by atoms with Gasteiger partial charge in [-0.3, -0.25) is 4.79 Å². The highest BCUT2D eigenvalue weighted by Gasteiger charge is 2.50. The van der Waals surface area contributed by atoms with Gasteiger partial charge in [0.25, 0.3) is 0 Å². The summed E-state index contributed by atoms with van der Waals surface area (Å²) in [5.41, 5.74) is 0. The van der Waals surface area contributed by atoms with Crippen LogP contribution in [0.4, 0.5) is 0 Å². The third kappa shape index (κ3) is 2.73. The van der Waals surface area contributed by atoms with E-state index in [0.29, 0.717) is 35.5 Å². The summed E-state index contributed by atoms with van der Waals surface area (Å²) in [6.07, 6.45) is 7.58. The highest BCUT2D eigenvalue weighted by Crippen LogP contribution is 2.56. The van der Waals surface area contributed by atoms with Gasteiger partial charge in [0.2, 0.25) is 5.91 Å². The first-order chi connectivity index (χ1) is 9.58. The number of nitrogens with one attached hydrogen (secondary N) is 1. The third-order valence-electron chi connectivity index (χ3n) is 6.08. The summed E-state index contributed by atoms with van der Waals surface area (Å²) in [5.74, 6) is 4.96. The van der Waals surface area contributed by atoms with E-state index >= 15 is 0 Å². The van der Waals surface area contributed by atoms with Crippen LogP contribution in [0.1, 0.15) is 52.4 Å². The van der Waals surface area contributed by atoms with Crippen LogP contribution in [0.25, 0.3) is 0 Å². The molecule has 2 nitrogen and oxygen atoms in total. The van der Waals surface area contributed by atoms with E-state index in [4.69, 9.17) is 11.6 Å². The van der Waals surface area contributed by atoms with Gasteiger partial charge in [-0.1, -0.05) is 13.8 Å². The summed E-state index contributed by atoms with van der Waals surface area (Å²) in [5, 5.41) is 3.32. The zero-order valence-corrected chi connectivity index (χ0v) is 13.5. The van der Waals surface area contributed by atoms with Crippen molar-refractivity contribution < 1.29 is 4.79 Å². The lowest BCUT2D eigenvalue weighted by Crippen LogP contribution is -2.53. The van der Waals surface area contributed by atoms with Gasteiger partial charge in [0.05, 0.1) is 0 Å². The molecule has 1 N–H and O–H groups in total. The molecule has 0 aromatic carbocycles. The monoisotopic (exact) mass is 297 g/mol. The normalized spacial score (nSPS) is 40.1. The summed E-state index contributed by atoms with van der Waals surface area (Å²) in [7, 11) is 0. The molecule has 20 heavy (non-hydrogen) atoms. The first-order valence-electron chi connectivity index (χ1n) is 8.44. The predicted molar refractivity (Wildman–Crippen MR) is 82.6 cm³/mol. The van der Waals surface area contributed by atoms with E-state index < -0.39 is 0 Å². The van der Waals surface area contributed by atoms with Crippen LogP contribution in [0.2, 0.25) is 0 Å². The van der Waals surface area contributed by atoms with Gasteiger partial charge in [-0.05, 0) is 68.1 Å². The Kier molecular flexibility index (Phi) is 4.31. The number of carbonyl (C=O) groups is 1. The molecule has 0 spiro atoms. The number of amides is 1. The minimum atomic E-state index is 0.247.